The third-order valence-corrected chi connectivity index (χ3v) is 4.52. The first kappa shape index (κ1) is 9.68. The molecule has 0 aromatic carbocycles. The summed E-state index contributed by atoms with van der Waals surface area (Å²) in [6.07, 6.45) is 5.96. The Bertz CT molecular complexity index is 479. The van der Waals surface area contributed by atoms with Crippen molar-refractivity contribution in [3.63, 3.8) is 0 Å². The Morgan fingerprint density at radius 2 is 1.94 bits per heavy atom. The van der Waals surface area contributed by atoms with Gasteiger partial charge in [0.15, 0.2) is 5.89 Å². The Kier molecular flexibility index (Phi) is 1.78. The van der Waals surface area contributed by atoms with Crippen molar-refractivity contribution in [2.75, 3.05) is 0 Å². The monoisotopic (exact) mass is 233 g/mol. The van der Waals surface area contributed by atoms with Gasteiger partial charge < -0.3 is 9.52 Å². The van der Waals surface area contributed by atoms with Crippen molar-refractivity contribution in [1.29, 1.82) is 0 Å². The van der Waals surface area contributed by atoms with Gasteiger partial charge in [0.1, 0.15) is 0 Å². The molecule has 4 rings (SSSR count). The van der Waals surface area contributed by atoms with Crippen LogP contribution in [0.5, 0.6) is 0 Å². The average molecular weight is 233 g/mol. The van der Waals surface area contributed by atoms with E-state index in [1.165, 1.54) is 19.3 Å². The lowest BCUT2D eigenvalue weighted by atomic mass is 10.1. The highest BCUT2D eigenvalue weighted by molar-refractivity contribution is 5.86. The summed E-state index contributed by atoms with van der Waals surface area (Å²) < 4.78 is 5.53. The summed E-state index contributed by atoms with van der Waals surface area (Å²) in [5.74, 6) is 2.07. The molecular formula is C13H15NO3. The fourth-order valence-corrected chi connectivity index (χ4v) is 3.47. The van der Waals surface area contributed by atoms with E-state index in [0.717, 1.165) is 24.7 Å². The van der Waals surface area contributed by atoms with Gasteiger partial charge in [-0.3, -0.25) is 0 Å². The number of carboxylic acid groups (broad SMARTS) is 1. The molecule has 0 spiro atoms. The van der Waals surface area contributed by atoms with Crippen LogP contribution < -0.4 is 0 Å². The van der Waals surface area contributed by atoms with Crippen LogP contribution in [0.1, 0.15) is 66.1 Å². The summed E-state index contributed by atoms with van der Waals surface area (Å²) >= 11 is 0. The number of rotatable bonds is 3. The van der Waals surface area contributed by atoms with E-state index >= 15 is 0 Å². The highest BCUT2D eigenvalue weighted by Gasteiger charge is 2.56. The molecule has 0 radical (unpaired) electrons. The molecule has 0 amide bonds. The van der Waals surface area contributed by atoms with Crippen LogP contribution >= 0.6 is 0 Å². The van der Waals surface area contributed by atoms with Gasteiger partial charge >= 0.3 is 5.97 Å². The molecule has 0 saturated heterocycles. The molecule has 1 heterocycles. The van der Waals surface area contributed by atoms with E-state index in [1.807, 2.05) is 0 Å². The predicted molar refractivity (Wildman–Crippen MR) is 59.0 cm³/mol. The standard InChI is InChI=1S/C13H15NO3/c15-13(16)11-10(6-4-5-6)14-12(17-11)9-7-2-1-3-8(7)9/h6-9H,1-5H2,(H,15,16). The lowest BCUT2D eigenvalue weighted by Crippen LogP contribution is -1.98. The number of hydrogen-bond acceptors (Lipinski definition) is 3. The molecule has 3 fully saturated rings. The Morgan fingerprint density at radius 1 is 1.24 bits per heavy atom. The second-order valence-corrected chi connectivity index (χ2v) is 5.63. The lowest BCUT2D eigenvalue weighted by Gasteiger charge is -1.96. The van der Waals surface area contributed by atoms with E-state index in [0.29, 0.717) is 23.4 Å². The Hall–Kier alpha value is -1.32. The van der Waals surface area contributed by atoms with Crippen LogP contribution in [0.3, 0.4) is 0 Å². The van der Waals surface area contributed by atoms with Crippen molar-refractivity contribution in [3.05, 3.63) is 17.3 Å². The SMILES string of the molecule is O=C(O)c1oc(C2C3CCCC32)nc1C1CC1. The maximum Gasteiger partial charge on any atom is 0.373 e. The zero-order valence-corrected chi connectivity index (χ0v) is 9.56. The van der Waals surface area contributed by atoms with Gasteiger partial charge in [-0.05, 0) is 37.5 Å². The molecule has 1 aromatic rings. The van der Waals surface area contributed by atoms with Crippen LogP contribution in [0.15, 0.2) is 4.42 Å². The number of carboxylic acids is 1. The van der Waals surface area contributed by atoms with E-state index in [4.69, 9.17) is 9.52 Å². The molecule has 4 heteroatoms. The highest BCUT2D eigenvalue weighted by Crippen LogP contribution is 2.63. The number of fused-ring (bicyclic) bond motifs is 1. The average Bonchev–Trinajstić information content (AvgIpc) is 3.18. The second kappa shape index (κ2) is 3.12. The maximum atomic E-state index is 11.1. The van der Waals surface area contributed by atoms with Crippen LogP contribution in [-0.4, -0.2) is 16.1 Å². The molecule has 3 saturated carbocycles. The van der Waals surface area contributed by atoms with E-state index in [2.05, 4.69) is 4.98 Å². The first-order valence-corrected chi connectivity index (χ1v) is 6.49. The third-order valence-electron chi connectivity index (χ3n) is 4.52. The number of aromatic nitrogens is 1. The van der Waals surface area contributed by atoms with Crippen molar-refractivity contribution in [1.82, 2.24) is 4.98 Å². The van der Waals surface area contributed by atoms with Crippen molar-refractivity contribution in [3.8, 4) is 0 Å². The number of carbonyl (C=O) groups is 1. The second-order valence-electron chi connectivity index (χ2n) is 5.63. The Labute approximate surface area is 99.0 Å². The molecule has 1 aromatic heterocycles. The van der Waals surface area contributed by atoms with Crippen LogP contribution in [0.25, 0.3) is 0 Å². The summed E-state index contributed by atoms with van der Waals surface area (Å²) in [5, 5.41) is 9.13. The molecule has 3 aliphatic rings. The molecule has 90 valence electrons. The first-order chi connectivity index (χ1) is 8.25. The normalized spacial score (nSPS) is 34.7. The van der Waals surface area contributed by atoms with Crippen LogP contribution in [-0.2, 0) is 0 Å². The van der Waals surface area contributed by atoms with E-state index in [9.17, 15) is 4.79 Å². The highest BCUT2D eigenvalue weighted by atomic mass is 16.4. The van der Waals surface area contributed by atoms with Gasteiger partial charge in [-0.2, -0.15) is 0 Å². The minimum atomic E-state index is -0.962. The fraction of sp³-hybridized carbons (Fsp3) is 0.692. The number of nitrogens with zero attached hydrogens (tertiary/aromatic N) is 1. The van der Waals surface area contributed by atoms with Gasteiger partial charge in [0.05, 0.1) is 5.69 Å². The lowest BCUT2D eigenvalue weighted by molar-refractivity contribution is 0.0658. The minimum Gasteiger partial charge on any atom is -0.475 e. The quantitative estimate of drug-likeness (QED) is 0.871. The number of oxazole rings is 1. The van der Waals surface area contributed by atoms with Gasteiger partial charge in [0.2, 0.25) is 5.76 Å². The first-order valence-electron chi connectivity index (χ1n) is 6.49. The largest absolute Gasteiger partial charge is 0.475 e. The Balaban J connectivity index is 1.68. The minimum absolute atomic E-state index is 0.104. The molecular weight excluding hydrogens is 218 g/mol. The molecule has 0 aliphatic heterocycles. The molecule has 4 nitrogen and oxygen atoms in total. The van der Waals surface area contributed by atoms with Gasteiger partial charge in [-0.15, -0.1) is 0 Å². The predicted octanol–water partition coefficient (Wildman–Crippen LogP) is 2.76. The van der Waals surface area contributed by atoms with E-state index < -0.39 is 5.97 Å². The smallest absolute Gasteiger partial charge is 0.373 e. The molecule has 3 aliphatic carbocycles. The molecule has 2 unspecified atom stereocenters. The maximum absolute atomic E-state index is 11.1. The Morgan fingerprint density at radius 3 is 2.53 bits per heavy atom. The summed E-state index contributed by atoms with van der Waals surface area (Å²) in [7, 11) is 0. The van der Waals surface area contributed by atoms with Crippen molar-refractivity contribution in [2.45, 2.75) is 43.9 Å². The third kappa shape index (κ3) is 1.36. The van der Waals surface area contributed by atoms with Crippen LogP contribution in [0, 0.1) is 11.8 Å². The van der Waals surface area contributed by atoms with Crippen molar-refractivity contribution < 1.29 is 14.3 Å². The van der Waals surface area contributed by atoms with E-state index in [1.54, 1.807) is 0 Å². The zero-order valence-electron chi connectivity index (χ0n) is 9.56. The van der Waals surface area contributed by atoms with Gasteiger partial charge in [-0.25, -0.2) is 9.78 Å². The topological polar surface area (TPSA) is 63.3 Å². The van der Waals surface area contributed by atoms with Gasteiger partial charge in [0, 0.05) is 11.8 Å². The van der Waals surface area contributed by atoms with Gasteiger partial charge in [-0.1, -0.05) is 6.42 Å². The molecule has 1 N–H and O–H groups in total. The van der Waals surface area contributed by atoms with Crippen LogP contribution in [0.4, 0.5) is 0 Å². The summed E-state index contributed by atoms with van der Waals surface area (Å²) in [5.41, 5.74) is 0.706. The molecule has 17 heavy (non-hydrogen) atoms. The molecule has 2 atom stereocenters. The van der Waals surface area contributed by atoms with Crippen molar-refractivity contribution in [2.24, 2.45) is 11.8 Å². The fourth-order valence-electron chi connectivity index (χ4n) is 3.47. The van der Waals surface area contributed by atoms with Crippen LogP contribution in [0.2, 0.25) is 0 Å². The van der Waals surface area contributed by atoms with Gasteiger partial charge in [0.25, 0.3) is 0 Å². The summed E-state index contributed by atoms with van der Waals surface area (Å²) in [4.78, 5) is 15.6. The number of aromatic carboxylic acids is 1. The molecule has 0 bridgehead atoms. The van der Waals surface area contributed by atoms with Crippen molar-refractivity contribution >= 4 is 5.97 Å². The van der Waals surface area contributed by atoms with E-state index in [-0.39, 0.29) is 5.76 Å². The summed E-state index contributed by atoms with van der Waals surface area (Å²) in [6.45, 7) is 0. The zero-order chi connectivity index (χ0) is 11.6. The summed E-state index contributed by atoms with van der Waals surface area (Å²) in [6, 6.07) is 0. The number of hydrogen-bond donors (Lipinski definition) is 1.